The van der Waals surface area contributed by atoms with Crippen LogP contribution in [0.15, 0.2) is 0 Å². The molecule has 0 atom stereocenters. The number of carbonyl (C=O) groups is 1. The number of nitrogens with two attached hydrogens (primary N) is 1. The first kappa shape index (κ1) is 10.3. The van der Waals surface area contributed by atoms with Gasteiger partial charge in [-0.15, -0.1) is 0 Å². The molecule has 68 valence electrons. The number of amides is 2. The lowest BCUT2D eigenvalue weighted by molar-refractivity contribution is 0.210. The number of guanidine groups is 1. The number of hydrazine groups is 2. The van der Waals surface area contributed by atoms with E-state index in [-0.39, 0.29) is 0 Å². The summed E-state index contributed by atoms with van der Waals surface area (Å²) in [6.07, 6.45) is 2.79. The van der Waals surface area contributed by atoms with Crippen molar-refractivity contribution in [2.75, 3.05) is 0 Å². The molecule has 0 saturated heterocycles. The van der Waals surface area contributed by atoms with Gasteiger partial charge in [0.25, 0.3) is 0 Å². The molecule has 0 aromatic rings. The van der Waals surface area contributed by atoms with Crippen LogP contribution in [0.25, 0.3) is 0 Å². The molecule has 0 heterocycles. The Kier molecular flexibility index (Phi) is 4.00. The van der Waals surface area contributed by atoms with Gasteiger partial charge in [-0.05, 0) is 0 Å². The minimum Gasteiger partial charge on any atom is -0.368 e. The van der Waals surface area contributed by atoms with E-state index in [4.69, 9.17) is 21.7 Å². The second kappa shape index (κ2) is 5.03. The van der Waals surface area contributed by atoms with Crippen molar-refractivity contribution in [2.45, 2.75) is 0 Å². The number of hydrogen-bond donors (Lipinski definition) is 5. The maximum atomic E-state index is 10.9. The summed E-state index contributed by atoms with van der Waals surface area (Å²) in [5.74, 6) is -0.682. The van der Waals surface area contributed by atoms with Crippen molar-refractivity contribution in [3.63, 3.8) is 0 Å². The Balaban J connectivity index is 4.23. The predicted molar refractivity (Wildman–Crippen MR) is 39.8 cm³/mol. The maximum absolute atomic E-state index is 10.9. The molecule has 0 unspecified atom stereocenters. The Morgan fingerprint density at radius 2 is 2.08 bits per heavy atom. The molecule has 0 rings (SSSR count). The Labute approximate surface area is 73.2 Å². The summed E-state index contributed by atoms with van der Waals surface area (Å²) in [4.78, 5) is 10.9. The van der Waals surface area contributed by atoms with Crippen molar-refractivity contribution >= 4 is 12.0 Å². The minimum absolute atomic E-state index is 0.407. The second-order valence-corrected chi connectivity index (χ2v) is 1.61. The van der Waals surface area contributed by atoms with E-state index in [1.165, 1.54) is 12.4 Å². The molecule has 9 heteroatoms. The first-order chi connectivity index (χ1) is 6.13. The van der Waals surface area contributed by atoms with Gasteiger partial charge in [0.1, 0.15) is 0 Å². The van der Waals surface area contributed by atoms with Gasteiger partial charge in [-0.25, -0.2) is 21.1 Å². The van der Waals surface area contributed by atoms with Crippen LogP contribution in [-0.4, -0.2) is 17.0 Å². The number of nitriles is 2. The summed E-state index contributed by atoms with van der Waals surface area (Å²) in [6.45, 7) is 0. The molecule has 0 radical (unpaired) electrons. The Hall–Kier alpha value is -2.68. The van der Waals surface area contributed by atoms with E-state index in [1.54, 1.807) is 5.43 Å². The Bertz CT molecular complexity index is 283. The molecule has 13 heavy (non-hydrogen) atoms. The molecule has 0 saturated carbocycles. The van der Waals surface area contributed by atoms with Gasteiger partial charge in [-0.3, -0.25) is 5.41 Å². The largest absolute Gasteiger partial charge is 0.368 e. The number of urea groups is 1. The zero-order chi connectivity index (χ0) is 10.3. The van der Waals surface area contributed by atoms with Gasteiger partial charge in [0.2, 0.25) is 5.96 Å². The fraction of sp³-hybridized carbons (Fsp3) is 0. The molecule has 0 spiro atoms. The van der Waals surface area contributed by atoms with E-state index in [9.17, 15) is 4.79 Å². The fourth-order valence-corrected chi connectivity index (χ4v) is 0.408. The highest BCUT2D eigenvalue weighted by atomic mass is 16.2. The van der Waals surface area contributed by atoms with E-state index in [1.807, 2.05) is 10.9 Å². The van der Waals surface area contributed by atoms with Crippen molar-refractivity contribution in [1.29, 1.82) is 15.9 Å². The molecule has 0 aromatic carbocycles. The van der Waals surface area contributed by atoms with Crippen LogP contribution in [-0.2, 0) is 0 Å². The number of nitrogens with one attached hydrogen (secondary N) is 4. The fourth-order valence-electron chi connectivity index (χ4n) is 0.408. The molecule has 2 amide bonds. The molecular weight excluding hydrogens is 176 g/mol. The van der Waals surface area contributed by atoms with Gasteiger partial charge in [0.15, 0.2) is 12.4 Å². The van der Waals surface area contributed by atoms with Crippen LogP contribution in [0, 0.1) is 28.3 Å². The molecule has 6 N–H and O–H groups in total. The van der Waals surface area contributed by atoms with Crippen LogP contribution >= 0.6 is 0 Å². The van der Waals surface area contributed by atoms with Crippen molar-refractivity contribution in [1.82, 2.24) is 21.3 Å². The molecule has 0 aliphatic heterocycles. The van der Waals surface area contributed by atoms with Crippen LogP contribution in [0.3, 0.4) is 0 Å². The van der Waals surface area contributed by atoms with E-state index < -0.39 is 12.0 Å². The zero-order valence-corrected chi connectivity index (χ0v) is 6.33. The van der Waals surface area contributed by atoms with E-state index in [2.05, 4.69) is 0 Å². The number of rotatable bonds is 2. The third-order valence-corrected chi connectivity index (χ3v) is 0.831. The van der Waals surface area contributed by atoms with E-state index in [0.29, 0.717) is 5.01 Å². The minimum atomic E-state index is -0.949. The van der Waals surface area contributed by atoms with Gasteiger partial charge in [-0.1, -0.05) is 0 Å². The number of hydrogen-bond acceptors (Lipinski definition) is 6. The smallest absolute Gasteiger partial charge is 0.363 e. The SMILES string of the molecule is N#CNNC(=O)N(NC#N)C(=N)N. The number of nitrogens with zero attached hydrogens (tertiary/aromatic N) is 3. The van der Waals surface area contributed by atoms with E-state index >= 15 is 0 Å². The topological polar surface area (TPSA) is 154 Å². The van der Waals surface area contributed by atoms with Crippen LogP contribution in [0.1, 0.15) is 0 Å². The molecule has 0 aliphatic carbocycles. The average molecular weight is 182 g/mol. The first-order valence-corrected chi connectivity index (χ1v) is 2.86. The molecule has 0 fully saturated rings. The Morgan fingerprint density at radius 3 is 2.46 bits per heavy atom. The average Bonchev–Trinajstić information content (AvgIpc) is 2.09. The summed E-state index contributed by atoms with van der Waals surface area (Å²) in [7, 11) is 0. The summed E-state index contributed by atoms with van der Waals surface area (Å²) in [5, 5.41) is 23.4. The summed E-state index contributed by atoms with van der Waals surface area (Å²) >= 11 is 0. The monoisotopic (exact) mass is 182 g/mol. The lowest BCUT2D eigenvalue weighted by atomic mass is 10.8. The van der Waals surface area contributed by atoms with Crippen LogP contribution < -0.4 is 22.0 Å². The molecule has 0 bridgehead atoms. The number of carbonyl (C=O) groups excluding carboxylic acids is 1. The standard InChI is InChI=1S/C4H6N8O/c5-1-9-11-4(13)12(3(7)8)10-2-6/h9-10H,(H3,7,8)(H,11,13). The van der Waals surface area contributed by atoms with Gasteiger partial charge >= 0.3 is 6.03 Å². The highest BCUT2D eigenvalue weighted by molar-refractivity contribution is 5.93. The first-order valence-electron chi connectivity index (χ1n) is 2.86. The highest BCUT2D eigenvalue weighted by Gasteiger charge is 2.14. The van der Waals surface area contributed by atoms with Crippen molar-refractivity contribution in [3.05, 3.63) is 0 Å². The maximum Gasteiger partial charge on any atom is 0.363 e. The van der Waals surface area contributed by atoms with Gasteiger partial charge in [-0.2, -0.15) is 15.5 Å². The zero-order valence-electron chi connectivity index (χ0n) is 6.33. The van der Waals surface area contributed by atoms with Crippen molar-refractivity contribution in [2.24, 2.45) is 5.73 Å². The van der Waals surface area contributed by atoms with Crippen molar-refractivity contribution in [3.8, 4) is 12.4 Å². The summed E-state index contributed by atoms with van der Waals surface area (Å²) in [6, 6.07) is -0.949. The second-order valence-electron chi connectivity index (χ2n) is 1.61. The molecular formula is C4H6N8O. The third kappa shape index (κ3) is 3.29. The van der Waals surface area contributed by atoms with E-state index in [0.717, 1.165) is 0 Å². The quantitative estimate of drug-likeness (QED) is 0.108. The van der Waals surface area contributed by atoms with Gasteiger partial charge in [0, 0.05) is 0 Å². The third-order valence-electron chi connectivity index (χ3n) is 0.831. The van der Waals surface area contributed by atoms with Crippen molar-refractivity contribution < 1.29 is 4.79 Å². The van der Waals surface area contributed by atoms with Crippen LogP contribution in [0.4, 0.5) is 4.79 Å². The lowest BCUT2D eigenvalue weighted by Gasteiger charge is -2.16. The molecule has 0 aromatic heterocycles. The molecule has 9 nitrogen and oxygen atoms in total. The summed E-state index contributed by atoms with van der Waals surface area (Å²) in [5.41, 5.74) is 10.4. The molecule has 0 aliphatic rings. The lowest BCUT2D eigenvalue weighted by Crippen LogP contribution is -2.54. The normalized spacial score (nSPS) is 7.23. The van der Waals surface area contributed by atoms with Crippen LogP contribution in [0.5, 0.6) is 0 Å². The highest BCUT2D eigenvalue weighted by Crippen LogP contribution is 1.79. The van der Waals surface area contributed by atoms with Crippen LogP contribution in [0.2, 0.25) is 0 Å². The Morgan fingerprint density at radius 1 is 1.46 bits per heavy atom. The van der Waals surface area contributed by atoms with Gasteiger partial charge < -0.3 is 5.73 Å². The summed E-state index contributed by atoms with van der Waals surface area (Å²) < 4.78 is 0. The predicted octanol–water partition coefficient (Wildman–Crippen LogP) is -2.14. The van der Waals surface area contributed by atoms with Gasteiger partial charge in [0.05, 0.1) is 0 Å².